The normalized spacial score (nSPS) is 17.2. The molecule has 2 aliphatic rings. The highest BCUT2D eigenvalue weighted by Gasteiger charge is 2.32. The summed E-state index contributed by atoms with van der Waals surface area (Å²) in [5, 5.41) is 2.90. The molecule has 212 valence electrons. The first kappa shape index (κ1) is 27.8. The van der Waals surface area contributed by atoms with Gasteiger partial charge in [0, 0.05) is 26.1 Å². The molecule has 0 radical (unpaired) electrons. The molecule has 1 atom stereocenters. The van der Waals surface area contributed by atoms with Crippen LogP contribution in [-0.2, 0) is 17.8 Å². The summed E-state index contributed by atoms with van der Waals surface area (Å²) < 4.78 is 25.2. The van der Waals surface area contributed by atoms with Crippen LogP contribution in [0, 0.1) is 11.7 Å². The van der Waals surface area contributed by atoms with E-state index in [1.807, 2.05) is 36.9 Å². The van der Waals surface area contributed by atoms with Crippen molar-refractivity contribution in [2.45, 2.75) is 52.2 Å². The van der Waals surface area contributed by atoms with E-state index in [0.29, 0.717) is 31.2 Å². The van der Waals surface area contributed by atoms with Gasteiger partial charge in [0.2, 0.25) is 11.8 Å². The van der Waals surface area contributed by atoms with E-state index in [1.165, 1.54) is 31.2 Å². The Kier molecular flexibility index (Phi) is 8.79. The molecule has 40 heavy (non-hydrogen) atoms. The van der Waals surface area contributed by atoms with Crippen LogP contribution in [0.1, 0.15) is 72.2 Å². The molecule has 9 heteroatoms. The molecular weight excluding hydrogens is 511 g/mol. The van der Waals surface area contributed by atoms with E-state index < -0.39 is 0 Å². The molecule has 0 spiro atoms. The molecule has 2 aliphatic heterocycles. The summed E-state index contributed by atoms with van der Waals surface area (Å²) in [4.78, 5) is 34.2. The van der Waals surface area contributed by atoms with Gasteiger partial charge in [0.05, 0.1) is 6.04 Å². The van der Waals surface area contributed by atoms with Crippen molar-refractivity contribution in [1.82, 2.24) is 20.1 Å². The summed E-state index contributed by atoms with van der Waals surface area (Å²) in [5.74, 6) is 0.617. The topological polar surface area (TPSA) is 87.9 Å². The van der Waals surface area contributed by atoms with Gasteiger partial charge in [0.1, 0.15) is 17.8 Å². The zero-order chi connectivity index (χ0) is 28.1. The van der Waals surface area contributed by atoms with Crippen LogP contribution in [0.25, 0.3) is 0 Å². The third-order valence-electron chi connectivity index (χ3n) is 7.49. The van der Waals surface area contributed by atoms with Gasteiger partial charge < -0.3 is 24.3 Å². The number of ether oxygens (including phenoxy) is 1. The molecule has 1 fully saturated rings. The van der Waals surface area contributed by atoms with Crippen molar-refractivity contribution in [3.63, 3.8) is 0 Å². The number of oxazole rings is 1. The third-order valence-corrected chi connectivity index (χ3v) is 7.49. The summed E-state index contributed by atoms with van der Waals surface area (Å²) in [7, 11) is 0. The molecule has 5 rings (SSSR count). The Hall–Kier alpha value is -3.72. The van der Waals surface area contributed by atoms with Crippen LogP contribution in [0.4, 0.5) is 4.39 Å². The first-order valence-corrected chi connectivity index (χ1v) is 14.1. The predicted octanol–water partition coefficient (Wildman–Crippen LogP) is 4.74. The number of benzene rings is 2. The van der Waals surface area contributed by atoms with Crippen LogP contribution >= 0.6 is 0 Å². The van der Waals surface area contributed by atoms with Crippen molar-refractivity contribution in [2.75, 3.05) is 32.7 Å². The second kappa shape index (κ2) is 12.6. The summed E-state index contributed by atoms with van der Waals surface area (Å²) in [6, 6.07) is 11.8. The fourth-order valence-corrected chi connectivity index (χ4v) is 5.47. The van der Waals surface area contributed by atoms with Gasteiger partial charge in [-0.25, -0.2) is 9.37 Å². The van der Waals surface area contributed by atoms with Gasteiger partial charge in [-0.1, -0.05) is 32.0 Å². The van der Waals surface area contributed by atoms with Gasteiger partial charge in [-0.3, -0.25) is 9.59 Å². The number of nitrogens with zero attached hydrogens (tertiary/aromatic N) is 3. The maximum absolute atomic E-state index is 13.7. The first-order chi connectivity index (χ1) is 19.4. The van der Waals surface area contributed by atoms with E-state index in [4.69, 9.17) is 9.15 Å². The maximum Gasteiger partial charge on any atom is 0.273 e. The number of hydrogen-bond donors (Lipinski definition) is 1. The molecule has 2 amide bonds. The minimum Gasteiger partial charge on any atom is -0.484 e. The van der Waals surface area contributed by atoms with E-state index >= 15 is 0 Å². The van der Waals surface area contributed by atoms with Gasteiger partial charge in [-0.2, -0.15) is 0 Å². The highest BCUT2D eigenvalue weighted by molar-refractivity contribution is 5.91. The zero-order valence-electron chi connectivity index (χ0n) is 23.2. The summed E-state index contributed by atoms with van der Waals surface area (Å²) >= 11 is 0. The SMILES string of the molecule is CC(C)CC(=O)N1CCc2ccc(OCc3nc(C(=O)NCCN4CCCC4)co3)cc2C1c1ccc(F)cc1. The van der Waals surface area contributed by atoms with Crippen LogP contribution in [0.5, 0.6) is 5.75 Å². The number of amides is 2. The average Bonchev–Trinajstić information content (AvgIpc) is 3.64. The summed E-state index contributed by atoms with van der Waals surface area (Å²) in [6.45, 7) is 8.27. The smallest absolute Gasteiger partial charge is 0.273 e. The van der Waals surface area contributed by atoms with E-state index in [-0.39, 0.29) is 41.9 Å². The molecule has 0 bridgehead atoms. The van der Waals surface area contributed by atoms with Gasteiger partial charge in [-0.05, 0) is 79.2 Å². The lowest BCUT2D eigenvalue weighted by Crippen LogP contribution is -2.41. The predicted molar refractivity (Wildman–Crippen MR) is 148 cm³/mol. The quantitative estimate of drug-likeness (QED) is 0.394. The molecule has 8 nitrogen and oxygen atoms in total. The number of hydrogen-bond acceptors (Lipinski definition) is 6. The molecule has 1 aromatic heterocycles. The first-order valence-electron chi connectivity index (χ1n) is 14.1. The molecular formula is C31H37FN4O4. The Balaban J connectivity index is 1.27. The molecule has 0 saturated carbocycles. The van der Waals surface area contributed by atoms with E-state index in [2.05, 4.69) is 15.2 Å². The van der Waals surface area contributed by atoms with Crippen LogP contribution < -0.4 is 10.1 Å². The van der Waals surface area contributed by atoms with Crippen molar-refractivity contribution in [3.8, 4) is 5.75 Å². The lowest BCUT2D eigenvalue weighted by molar-refractivity contribution is -0.134. The Morgan fingerprint density at radius 3 is 2.65 bits per heavy atom. The van der Waals surface area contributed by atoms with Gasteiger partial charge >= 0.3 is 0 Å². The summed E-state index contributed by atoms with van der Waals surface area (Å²) in [5.41, 5.74) is 3.16. The Morgan fingerprint density at radius 1 is 1.12 bits per heavy atom. The number of carbonyl (C=O) groups excluding carboxylic acids is 2. The molecule has 1 N–H and O–H groups in total. The molecule has 1 unspecified atom stereocenters. The number of fused-ring (bicyclic) bond motifs is 1. The van der Waals surface area contributed by atoms with E-state index in [0.717, 1.165) is 42.7 Å². The number of rotatable bonds is 10. The number of carbonyl (C=O) groups is 2. The van der Waals surface area contributed by atoms with E-state index in [1.54, 1.807) is 12.1 Å². The average molecular weight is 549 g/mol. The minimum absolute atomic E-state index is 0.0526. The van der Waals surface area contributed by atoms with Crippen molar-refractivity contribution in [3.05, 3.63) is 82.8 Å². The monoisotopic (exact) mass is 548 g/mol. The number of aromatic nitrogens is 1. The van der Waals surface area contributed by atoms with Crippen LogP contribution in [0.15, 0.2) is 53.1 Å². The van der Waals surface area contributed by atoms with Crippen LogP contribution in [0.2, 0.25) is 0 Å². The van der Waals surface area contributed by atoms with Crippen LogP contribution in [-0.4, -0.2) is 59.3 Å². The number of likely N-dealkylation sites (tertiary alicyclic amines) is 1. The Bertz CT molecular complexity index is 1320. The highest BCUT2D eigenvalue weighted by atomic mass is 19.1. The second-order valence-electron chi connectivity index (χ2n) is 11.0. The maximum atomic E-state index is 13.7. The Labute approximate surface area is 234 Å². The van der Waals surface area contributed by atoms with Gasteiger partial charge in [0.25, 0.3) is 5.91 Å². The van der Waals surface area contributed by atoms with Crippen LogP contribution in [0.3, 0.4) is 0 Å². The van der Waals surface area contributed by atoms with Crippen molar-refractivity contribution >= 4 is 11.8 Å². The molecule has 3 heterocycles. The number of halogens is 1. The van der Waals surface area contributed by atoms with Crippen molar-refractivity contribution in [2.24, 2.45) is 5.92 Å². The molecule has 2 aromatic carbocycles. The zero-order valence-corrected chi connectivity index (χ0v) is 23.2. The van der Waals surface area contributed by atoms with Gasteiger partial charge in [0.15, 0.2) is 12.3 Å². The van der Waals surface area contributed by atoms with E-state index in [9.17, 15) is 14.0 Å². The second-order valence-corrected chi connectivity index (χ2v) is 11.0. The molecule has 3 aromatic rings. The fraction of sp³-hybridized carbons (Fsp3) is 0.452. The number of nitrogens with one attached hydrogen (secondary N) is 1. The summed E-state index contributed by atoms with van der Waals surface area (Å²) in [6.07, 6.45) is 4.95. The molecule has 0 aliphatic carbocycles. The van der Waals surface area contributed by atoms with Gasteiger partial charge in [-0.15, -0.1) is 0 Å². The lowest BCUT2D eigenvalue weighted by Gasteiger charge is -2.38. The van der Waals surface area contributed by atoms with Crippen molar-refractivity contribution in [1.29, 1.82) is 0 Å². The standard InChI is InChI=1S/C31H37FN4O4/c1-21(2)17-29(37)36-15-11-22-7-10-25(18-26(22)30(36)23-5-8-24(32)9-6-23)39-20-28-34-27(19-40-28)31(38)33-12-16-35-13-3-4-14-35/h5-10,18-19,21,30H,3-4,11-17,20H2,1-2H3,(H,33,38). The third kappa shape index (κ3) is 6.70. The minimum atomic E-state index is -0.336. The Morgan fingerprint density at radius 2 is 1.90 bits per heavy atom. The lowest BCUT2D eigenvalue weighted by atomic mass is 9.87. The fourth-order valence-electron chi connectivity index (χ4n) is 5.47. The largest absolute Gasteiger partial charge is 0.484 e. The highest BCUT2D eigenvalue weighted by Crippen LogP contribution is 2.38. The van der Waals surface area contributed by atoms with Crippen molar-refractivity contribution < 1.29 is 23.1 Å². The molecule has 1 saturated heterocycles.